The number of benzene rings is 2. The van der Waals surface area contributed by atoms with Crippen molar-refractivity contribution in [3.63, 3.8) is 0 Å². The van der Waals surface area contributed by atoms with E-state index in [1.54, 1.807) is 11.7 Å². The van der Waals surface area contributed by atoms with Crippen molar-refractivity contribution >= 4 is 17.0 Å². The number of hydrogen-bond acceptors (Lipinski definition) is 7. The van der Waals surface area contributed by atoms with Crippen LogP contribution in [0.1, 0.15) is 64.8 Å². The van der Waals surface area contributed by atoms with Gasteiger partial charge in [-0.3, -0.25) is 9.56 Å². The minimum atomic E-state index is -0.301. The van der Waals surface area contributed by atoms with E-state index in [1.165, 1.54) is 5.56 Å². The van der Waals surface area contributed by atoms with Crippen LogP contribution >= 0.6 is 0 Å². The van der Waals surface area contributed by atoms with Gasteiger partial charge >= 0.3 is 5.69 Å². The molecule has 11 heteroatoms. The van der Waals surface area contributed by atoms with Gasteiger partial charge in [0.25, 0.3) is 0 Å². The number of aromatic nitrogens is 3. The number of nitrogens with zero attached hydrogens (tertiary/aromatic N) is 3. The van der Waals surface area contributed by atoms with E-state index < -0.39 is 0 Å². The number of hydrogen-bond donors (Lipinski definition) is 5. The van der Waals surface area contributed by atoms with E-state index in [-0.39, 0.29) is 28.6 Å². The van der Waals surface area contributed by atoms with Crippen molar-refractivity contribution in [2.45, 2.75) is 71.4 Å². The summed E-state index contributed by atoms with van der Waals surface area (Å²) in [5, 5.41) is 4.27. The lowest BCUT2D eigenvalue weighted by Gasteiger charge is -2.20. The van der Waals surface area contributed by atoms with Gasteiger partial charge in [-0.05, 0) is 59.8 Å². The molecule has 250 valence electrons. The highest BCUT2D eigenvalue weighted by Crippen LogP contribution is 2.26. The van der Waals surface area contributed by atoms with Gasteiger partial charge in [0.15, 0.2) is 5.96 Å². The third-order valence-corrected chi connectivity index (χ3v) is 7.40. The SMILES string of the molecule is CC(C)(C)c1cc2cn(-c3ccc(CNCCCN=C(N)N)cc3)c(=O)nc2[nH]1.CO[C@@H](CN)COc1cccc(C(C)(C)C)c1. The Morgan fingerprint density at radius 2 is 1.76 bits per heavy atom. The molecule has 0 aliphatic heterocycles. The molecule has 2 aromatic carbocycles. The number of ether oxygens (including phenoxy) is 2. The summed E-state index contributed by atoms with van der Waals surface area (Å²) < 4.78 is 12.4. The first-order chi connectivity index (χ1) is 21.7. The smallest absolute Gasteiger partial charge is 0.354 e. The Hall–Kier alpha value is -4.19. The van der Waals surface area contributed by atoms with E-state index in [1.807, 2.05) is 42.6 Å². The Bertz CT molecular complexity index is 1600. The quantitative estimate of drug-likeness (QED) is 0.0882. The van der Waals surface area contributed by atoms with Gasteiger partial charge in [0.1, 0.15) is 24.1 Å². The van der Waals surface area contributed by atoms with E-state index in [4.69, 9.17) is 26.7 Å². The molecule has 0 spiro atoms. The first-order valence-electron chi connectivity index (χ1n) is 15.7. The molecular formula is C35H52N8O3. The molecule has 0 radical (unpaired) electrons. The molecule has 2 aromatic heterocycles. The molecule has 0 aliphatic carbocycles. The van der Waals surface area contributed by atoms with Gasteiger partial charge < -0.3 is 37.0 Å². The van der Waals surface area contributed by atoms with Crippen LogP contribution in [0.25, 0.3) is 16.7 Å². The highest BCUT2D eigenvalue weighted by atomic mass is 16.5. The standard InChI is InChI=1S/C21H29N7O.C14H23NO2/c1-21(2,3)17-11-15-13-28(20(29)27-18(15)26-17)16-7-5-14(6-8-16)12-24-9-4-10-25-19(22)23;1-14(2,3)11-6-5-7-12(8-11)17-10-13(9-15)16-4/h5-8,11,13,24H,4,9-10,12H2,1-3H3,(H4,22,23,25)(H,26,27,29);5-8,13H,9-10,15H2,1-4H3/t;13-/m.0/s1. The Labute approximate surface area is 272 Å². The van der Waals surface area contributed by atoms with Crippen molar-refractivity contribution in [2.24, 2.45) is 22.2 Å². The first-order valence-corrected chi connectivity index (χ1v) is 15.7. The second kappa shape index (κ2) is 16.4. The van der Waals surface area contributed by atoms with Crippen molar-refractivity contribution in [1.82, 2.24) is 19.9 Å². The molecule has 4 rings (SSSR count). The summed E-state index contributed by atoms with van der Waals surface area (Å²) >= 11 is 0. The molecule has 0 saturated carbocycles. The number of aromatic amines is 1. The topological polar surface area (TPSA) is 172 Å². The third-order valence-electron chi connectivity index (χ3n) is 7.40. The molecule has 0 fully saturated rings. The Morgan fingerprint density at radius 3 is 2.37 bits per heavy atom. The van der Waals surface area contributed by atoms with Crippen LogP contribution in [0.3, 0.4) is 0 Å². The minimum Gasteiger partial charge on any atom is -0.491 e. The predicted molar refractivity (Wildman–Crippen MR) is 188 cm³/mol. The lowest BCUT2D eigenvalue weighted by atomic mass is 9.87. The minimum absolute atomic E-state index is 0.0352. The van der Waals surface area contributed by atoms with Crippen molar-refractivity contribution in [3.05, 3.63) is 88.1 Å². The van der Waals surface area contributed by atoms with Crippen LogP contribution in [-0.4, -0.2) is 59.9 Å². The van der Waals surface area contributed by atoms with Crippen LogP contribution in [0.4, 0.5) is 0 Å². The van der Waals surface area contributed by atoms with Crippen molar-refractivity contribution in [2.75, 3.05) is 33.4 Å². The summed E-state index contributed by atoms with van der Waals surface area (Å²) in [7, 11) is 1.65. The Morgan fingerprint density at radius 1 is 1.04 bits per heavy atom. The zero-order valence-electron chi connectivity index (χ0n) is 28.4. The molecule has 0 aliphatic rings. The number of nitrogens with one attached hydrogen (secondary N) is 2. The molecule has 2 heterocycles. The molecule has 0 saturated heterocycles. The van der Waals surface area contributed by atoms with E-state index in [9.17, 15) is 4.79 Å². The molecule has 1 atom stereocenters. The highest BCUT2D eigenvalue weighted by molar-refractivity contribution is 5.76. The van der Waals surface area contributed by atoms with E-state index in [0.29, 0.717) is 25.3 Å². The van der Waals surface area contributed by atoms with Gasteiger partial charge in [-0.25, -0.2) is 4.79 Å². The number of fused-ring (bicyclic) bond motifs is 1. The van der Waals surface area contributed by atoms with Crippen molar-refractivity contribution < 1.29 is 9.47 Å². The third kappa shape index (κ3) is 11.0. The fourth-order valence-electron chi connectivity index (χ4n) is 4.48. The normalized spacial score (nSPS) is 12.3. The first kappa shape index (κ1) is 36.3. The fraction of sp³-hybridized carbons (Fsp3) is 0.457. The van der Waals surface area contributed by atoms with Crippen LogP contribution in [-0.2, 0) is 22.1 Å². The van der Waals surface area contributed by atoms with Gasteiger partial charge in [-0.2, -0.15) is 4.98 Å². The van der Waals surface area contributed by atoms with Crippen LogP contribution in [0.2, 0.25) is 0 Å². The monoisotopic (exact) mass is 632 g/mol. The highest BCUT2D eigenvalue weighted by Gasteiger charge is 2.18. The Balaban J connectivity index is 0.000000289. The second-order valence-electron chi connectivity index (χ2n) is 13.3. The summed E-state index contributed by atoms with van der Waals surface area (Å²) in [6.07, 6.45) is 2.66. The van der Waals surface area contributed by atoms with Crippen LogP contribution in [0.15, 0.2) is 70.6 Å². The number of rotatable bonds is 12. The summed E-state index contributed by atoms with van der Waals surface area (Å²) in [6, 6.07) is 18.1. The lowest BCUT2D eigenvalue weighted by molar-refractivity contribution is 0.0643. The number of methoxy groups -OCH3 is 1. The van der Waals surface area contributed by atoms with Gasteiger partial charge in [0, 0.05) is 49.4 Å². The molecule has 4 aromatic rings. The molecule has 11 nitrogen and oxygen atoms in total. The van der Waals surface area contributed by atoms with E-state index >= 15 is 0 Å². The zero-order valence-corrected chi connectivity index (χ0v) is 28.4. The number of nitrogens with two attached hydrogens (primary N) is 3. The summed E-state index contributed by atoms with van der Waals surface area (Å²) in [5.74, 6) is 0.991. The van der Waals surface area contributed by atoms with E-state index in [0.717, 1.165) is 47.6 Å². The van der Waals surface area contributed by atoms with E-state index in [2.05, 4.69) is 80.0 Å². The van der Waals surface area contributed by atoms with Gasteiger partial charge in [-0.1, -0.05) is 65.8 Å². The van der Waals surface area contributed by atoms with Gasteiger partial charge in [-0.15, -0.1) is 0 Å². The number of aliphatic imine (C=N–C) groups is 1. The summed E-state index contributed by atoms with van der Waals surface area (Å²) in [5.41, 5.74) is 20.8. The molecular weight excluding hydrogens is 580 g/mol. The Kier molecular flexibility index (Phi) is 12.9. The molecule has 46 heavy (non-hydrogen) atoms. The predicted octanol–water partition coefficient (Wildman–Crippen LogP) is 4.10. The van der Waals surface area contributed by atoms with Crippen LogP contribution in [0.5, 0.6) is 5.75 Å². The zero-order chi connectivity index (χ0) is 33.9. The van der Waals surface area contributed by atoms with Gasteiger partial charge in [0.2, 0.25) is 0 Å². The molecule has 0 unspecified atom stereocenters. The largest absolute Gasteiger partial charge is 0.491 e. The average molecular weight is 633 g/mol. The summed E-state index contributed by atoms with van der Waals surface area (Å²) in [6.45, 7) is 16.0. The summed E-state index contributed by atoms with van der Waals surface area (Å²) in [4.78, 5) is 23.9. The number of H-pyrrole nitrogens is 1. The van der Waals surface area contributed by atoms with Gasteiger partial charge in [0.05, 0.1) is 5.69 Å². The van der Waals surface area contributed by atoms with Crippen LogP contribution in [0, 0.1) is 0 Å². The lowest BCUT2D eigenvalue weighted by Crippen LogP contribution is -2.29. The molecule has 0 amide bonds. The fourth-order valence-corrected chi connectivity index (χ4v) is 4.48. The van der Waals surface area contributed by atoms with Crippen LogP contribution < -0.4 is 32.9 Å². The molecule has 8 N–H and O–H groups in total. The molecule has 0 bridgehead atoms. The maximum absolute atomic E-state index is 12.5. The second-order valence-corrected chi connectivity index (χ2v) is 13.3. The number of guanidine groups is 1. The maximum Gasteiger partial charge on any atom is 0.354 e. The average Bonchev–Trinajstić information content (AvgIpc) is 3.43. The van der Waals surface area contributed by atoms with Crippen molar-refractivity contribution in [3.8, 4) is 11.4 Å². The maximum atomic E-state index is 12.5. The van der Waals surface area contributed by atoms with Crippen molar-refractivity contribution in [1.29, 1.82) is 0 Å².